The van der Waals surface area contributed by atoms with Gasteiger partial charge in [-0.1, -0.05) is 193 Å². The number of carbonyl (C=O) groups excluding carboxylic acids is 1. The van der Waals surface area contributed by atoms with Crippen LogP contribution in [0.15, 0.2) is 122 Å². The molecule has 9 heteroatoms. The molecule has 1 fully saturated rings. The van der Waals surface area contributed by atoms with Crippen molar-refractivity contribution >= 4 is 5.91 Å². The van der Waals surface area contributed by atoms with E-state index < -0.39 is 49.5 Å². The smallest absolute Gasteiger partial charge is 0.220 e. The van der Waals surface area contributed by atoms with Crippen LogP contribution in [0.25, 0.3) is 0 Å². The Morgan fingerprint density at radius 2 is 0.955 bits per heavy atom. The van der Waals surface area contributed by atoms with E-state index in [9.17, 15) is 30.3 Å². The molecule has 0 aromatic carbocycles. The lowest BCUT2D eigenvalue weighted by Gasteiger charge is -2.40. The summed E-state index contributed by atoms with van der Waals surface area (Å²) in [6.45, 7) is 3.60. The Bertz CT molecular complexity index is 1440. The van der Waals surface area contributed by atoms with Crippen LogP contribution in [0.5, 0.6) is 0 Å². The van der Waals surface area contributed by atoms with Gasteiger partial charge in [0.05, 0.1) is 25.4 Å². The van der Waals surface area contributed by atoms with Crippen molar-refractivity contribution in [2.45, 2.75) is 217 Å². The second kappa shape index (κ2) is 45.4. The van der Waals surface area contributed by atoms with Gasteiger partial charge in [0.2, 0.25) is 5.91 Å². The van der Waals surface area contributed by atoms with Gasteiger partial charge in [0.25, 0.3) is 0 Å². The Morgan fingerprint density at radius 3 is 1.45 bits per heavy atom. The van der Waals surface area contributed by atoms with E-state index in [-0.39, 0.29) is 12.5 Å². The average Bonchev–Trinajstić information content (AvgIpc) is 3.32. The van der Waals surface area contributed by atoms with E-state index >= 15 is 0 Å². The average molecular weight is 920 g/mol. The summed E-state index contributed by atoms with van der Waals surface area (Å²) in [5, 5.41) is 54.2. The van der Waals surface area contributed by atoms with E-state index in [1.165, 1.54) is 51.4 Å². The Morgan fingerprint density at radius 1 is 0.530 bits per heavy atom. The van der Waals surface area contributed by atoms with Crippen LogP contribution in [-0.4, -0.2) is 87.5 Å². The van der Waals surface area contributed by atoms with E-state index in [0.717, 1.165) is 96.3 Å². The Kier molecular flexibility index (Phi) is 41.7. The van der Waals surface area contributed by atoms with Crippen LogP contribution in [0.4, 0.5) is 0 Å². The zero-order chi connectivity index (χ0) is 48.0. The quantitative estimate of drug-likeness (QED) is 0.0262. The van der Waals surface area contributed by atoms with Gasteiger partial charge in [-0.3, -0.25) is 4.79 Å². The summed E-state index contributed by atoms with van der Waals surface area (Å²) in [4.78, 5) is 13.0. The number of amides is 1. The molecule has 1 aliphatic rings. The van der Waals surface area contributed by atoms with Crippen molar-refractivity contribution in [3.05, 3.63) is 122 Å². The summed E-state index contributed by atoms with van der Waals surface area (Å²) < 4.78 is 11.2. The number of aliphatic hydroxyl groups is 5. The fourth-order valence-corrected chi connectivity index (χ4v) is 7.19. The third-order valence-corrected chi connectivity index (χ3v) is 11.3. The minimum absolute atomic E-state index is 0.218. The monoisotopic (exact) mass is 920 g/mol. The highest BCUT2D eigenvalue weighted by atomic mass is 16.7. The van der Waals surface area contributed by atoms with Crippen LogP contribution in [-0.2, 0) is 14.3 Å². The normalized spacial score (nSPS) is 20.9. The predicted octanol–water partition coefficient (Wildman–Crippen LogP) is 12.0. The van der Waals surface area contributed by atoms with Crippen molar-refractivity contribution in [3.63, 3.8) is 0 Å². The third-order valence-electron chi connectivity index (χ3n) is 11.3. The fourth-order valence-electron chi connectivity index (χ4n) is 7.19. The van der Waals surface area contributed by atoms with E-state index in [1.54, 1.807) is 6.08 Å². The van der Waals surface area contributed by atoms with Crippen LogP contribution in [0.1, 0.15) is 174 Å². The van der Waals surface area contributed by atoms with E-state index in [1.807, 2.05) is 6.08 Å². The molecule has 0 aliphatic carbocycles. The lowest BCUT2D eigenvalue weighted by molar-refractivity contribution is -0.302. The molecule has 7 unspecified atom stereocenters. The maximum Gasteiger partial charge on any atom is 0.220 e. The molecule has 1 heterocycles. The Hall–Kier alpha value is -3.41. The molecule has 1 rings (SSSR count). The van der Waals surface area contributed by atoms with Gasteiger partial charge in [-0.25, -0.2) is 0 Å². The zero-order valence-electron chi connectivity index (χ0n) is 41.1. The van der Waals surface area contributed by atoms with Crippen molar-refractivity contribution in [3.8, 4) is 0 Å². The molecule has 1 aliphatic heterocycles. The minimum Gasteiger partial charge on any atom is -0.394 e. The summed E-state index contributed by atoms with van der Waals surface area (Å²) in [6.07, 6.45) is 61.0. The van der Waals surface area contributed by atoms with Gasteiger partial charge in [0, 0.05) is 6.42 Å². The lowest BCUT2D eigenvalue weighted by Crippen LogP contribution is -2.60. The molecule has 0 radical (unpaired) electrons. The van der Waals surface area contributed by atoms with E-state index in [0.29, 0.717) is 12.8 Å². The second-order valence-electron chi connectivity index (χ2n) is 17.2. The molecule has 0 saturated carbocycles. The van der Waals surface area contributed by atoms with Crippen molar-refractivity contribution in [1.29, 1.82) is 0 Å². The van der Waals surface area contributed by atoms with Crippen LogP contribution >= 0.6 is 0 Å². The molecule has 0 aromatic heterocycles. The standard InChI is InChI=1S/C57H93NO8/c1-3-5-7-9-11-13-15-17-19-20-21-22-23-24-25-26-27-28-29-30-31-32-33-35-37-39-41-43-45-47-53(61)58-50(49-65-57-56(64)55(63)54(62)52(48-59)66-57)51(60)46-44-42-40-38-36-34-18-16-14-12-10-8-6-4-2/h5,7,11,13,17,19,21-22,24-25,27-28,30-31,33,35-36,38,44,46,50-52,54-57,59-60,62-64H,3-4,6,8-10,12,14-16,18,20,23,26,29,32,34,37,39-43,45,47-49H2,1-2H3,(H,58,61)/b7-5-,13-11-,19-17-,22-21-,25-24-,28-27-,31-30-,35-33-,38-36+,46-44+. The van der Waals surface area contributed by atoms with Crippen LogP contribution in [0.3, 0.4) is 0 Å². The minimum atomic E-state index is -1.58. The first-order chi connectivity index (χ1) is 32.3. The molecular formula is C57H93NO8. The summed E-state index contributed by atoms with van der Waals surface area (Å²) in [6, 6.07) is -0.844. The SMILES string of the molecule is CC/C=C\C/C=C\C/C=C\C/C=C\C/C=C\C/C=C\C/C=C\C/C=C\CCCCCCC(=O)NC(COC1OC(CO)C(O)C(O)C1O)C(O)/C=C/CC/C=C/CCCCCCCCCC. The zero-order valence-corrected chi connectivity index (χ0v) is 41.1. The number of carbonyl (C=O) groups is 1. The Labute approximate surface area is 401 Å². The number of unbranched alkanes of at least 4 members (excludes halogenated alkanes) is 13. The van der Waals surface area contributed by atoms with Gasteiger partial charge in [0.1, 0.15) is 24.4 Å². The number of hydrogen-bond acceptors (Lipinski definition) is 8. The number of hydrogen-bond donors (Lipinski definition) is 6. The molecule has 1 saturated heterocycles. The third kappa shape index (κ3) is 34.8. The molecule has 0 spiro atoms. The van der Waals surface area contributed by atoms with Crippen LogP contribution in [0, 0.1) is 0 Å². The number of ether oxygens (including phenoxy) is 2. The van der Waals surface area contributed by atoms with Gasteiger partial charge in [0.15, 0.2) is 6.29 Å². The van der Waals surface area contributed by atoms with Crippen LogP contribution in [0.2, 0.25) is 0 Å². The molecule has 1 amide bonds. The highest BCUT2D eigenvalue weighted by Crippen LogP contribution is 2.22. The molecule has 374 valence electrons. The first-order valence-electron chi connectivity index (χ1n) is 25.8. The highest BCUT2D eigenvalue weighted by molar-refractivity contribution is 5.76. The molecular weight excluding hydrogens is 827 g/mol. The maximum atomic E-state index is 13.0. The van der Waals surface area contributed by atoms with Gasteiger partial charge in [-0.2, -0.15) is 0 Å². The van der Waals surface area contributed by atoms with Gasteiger partial charge in [-0.15, -0.1) is 0 Å². The van der Waals surface area contributed by atoms with Crippen molar-refractivity contribution in [2.24, 2.45) is 0 Å². The highest BCUT2D eigenvalue weighted by Gasteiger charge is 2.44. The van der Waals surface area contributed by atoms with E-state index in [2.05, 4.69) is 129 Å². The predicted molar refractivity (Wildman–Crippen MR) is 276 cm³/mol. The number of aliphatic hydroxyl groups excluding tert-OH is 5. The number of allylic oxidation sites excluding steroid dienone is 19. The molecule has 0 bridgehead atoms. The van der Waals surface area contributed by atoms with E-state index in [4.69, 9.17) is 9.47 Å². The molecule has 0 aromatic rings. The van der Waals surface area contributed by atoms with Crippen molar-refractivity contribution in [2.75, 3.05) is 13.2 Å². The molecule has 7 atom stereocenters. The van der Waals surface area contributed by atoms with Crippen molar-refractivity contribution < 1.29 is 39.8 Å². The lowest BCUT2D eigenvalue weighted by atomic mass is 9.99. The van der Waals surface area contributed by atoms with Crippen LogP contribution < -0.4 is 5.32 Å². The number of rotatable bonds is 41. The largest absolute Gasteiger partial charge is 0.394 e. The summed E-state index contributed by atoms with van der Waals surface area (Å²) in [5.41, 5.74) is 0. The first kappa shape index (κ1) is 60.6. The second-order valence-corrected chi connectivity index (χ2v) is 17.2. The molecule has 66 heavy (non-hydrogen) atoms. The first-order valence-corrected chi connectivity index (χ1v) is 25.8. The van der Waals surface area contributed by atoms with Gasteiger partial charge >= 0.3 is 0 Å². The summed E-state index contributed by atoms with van der Waals surface area (Å²) in [5.74, 6) is -0.218. The molecule has 9 nitrogen and oxygen atoms in total. The topological polar surface area (TPSA) is 149 Å². The molecule has 6 N–H and O–H groups in total. The van der Waals surface area contributed by atoms with Gasteiger partial charge < -0.3 is 40.3 Å². The Balaban J connectivity index is 2.32. The summed E-state index contributed by atoms with van der Waals surface area (Å²) in [7, 11) is 0. The van der Waals surface area contributed by atoms with Crippen molar-refractivity contribution in [1.82, 2.24) is 5.32 Å². The number of nitrogens with one attached hydrogen (secondary N) is 1. The summed E-state index contributed by atoms with van der Waals surface area (Å²) >= 11 is 0. The maximum absolute atomic E-state index is 13.0. The fraction of sp³-hybridized carbons (Fsp3) is 0.632. The van der Waals surface area contributed by atoms with Gasteiger partial charge in [-0.05, 0) is 96.3 Å².